The van der Waals surface area contributed by atoms with Crippen LogP contribution >= 0.6 is 11.9 Å². The first kappa shape index (κ1) is 25.2. The molecule has 0 aliphatic carbocycles. The number of likely N-dealkylation sites (N-methyl/N-ethyl adjacent to an activating group) is 1. The molecule has 1 N–H and O–H groups in total. The number of fused-ring (bicyclic) bond motifs is 1. The third kappa shape index (κ3) is 5.48. The van der Waals surface area contributed by atoms with Gasteiger partial charge in [-0.05, 0) is 75.2 Å². The first-order chi connectivity index (χ1) is 17.9. The Bertz CT molecular complexity index is 1390. The van der Waals surface area contributed by atoms with Crippen molar-refractivity contribution in [2.45, 2.75) is 31.2 Å². The highest BCUT2D eigenvalue weighted by Gasteiger charge is 2.26. The monoisotopic (exact) mass is 515 g/mol. The number of anilines is 2. The van der Waals surface area contributed by atoms with E-state index >= 15 is 0 Å². The molecule has 6 nitrogen and oxygen atoms in total. The molecule has 5 rings (SSSR count). The Kier molecular flexibility index (Phi) is 7.44. The number of carboxylic acid groups (broad SMARTS) is 1. The van der Waals surface area contributed by atoms with Crippen molar-refractivity contribution >= 4 is 40.3 Å². The van der Waals surface area contributed by atoms with Crippen LogP contribution in [0.2, 0.25) is 0 Å². The maximum absolute atomic E-state index is 11.6. The second kappa shape index (κ2) is 10.9. The van der Waals surface area contributed by atoms with Gasteiger partial charge in [-0.2, -0.15) is 0 Å². The van der Waals surface area contributed by atoms with Crippen molar-refractivity contribution in [1.82, 2.24) is 4.90 Å². The van der Waals surface area contributed by atoms with Gasteiger partial charge in [0.25, 0.3) is 0 Å². The number of carbonyl (C=O) groups is 1. The largest absolute Gasteiger partial charge is 0.475 e. The molecule has 2 heterocycles. The molecule has 1 aliphatic heterocycles. The third-order valence-electron chi connectivity index (χ3n) is 7.05. The number of hydrogen-bond acceptors (Lipinski definition) is 6. The highest BCUT2D eigenvalue weighted by Crippen LogP contribution is 2.39. The van der Waals surface area contributed by atoms with Crippen molar-refractivity contribution in [2.75, 3.05) is 42.4 Å². The van der Waals surface area contributed by atoms with Gasteiger partial charge in [0.2, 0.25) is 5.76 Å². The minimum absolute atomic E-state index is 0.00693. The highest BCUT2D eigenvalue weighted by molar-refractivity contribution is 8.00. The molecule has 0 radical (unpaired) electrons. The zero-order valence-corrected chi connectivity index (χ0v) is 22.4. The summed E-state index contributed by atoms with van der Waals surface area (Å²) in [5, 5.41) is 10.3. The Labute approximate surface area is 222 Å². The minimum atomic E-state index is -1.04. The van der Waals surface area contributed by atoms with Crippen LogP contribution in [0, 0.1) is 6.92 Å². The number of carboxylic acids is 1. The lowest BCUT2D eigenvalue weighted by Crippen LogP contribution is -2.50. The zero-order valence-electron chi connectivity index (χ0n) is 21.6. The van der Waals surface area contributed by atoms with Crippen LogP contribution in [0.3, 0.4) is 0 Å². The SMILES string of the molecule is Cc1c(C(=O)O)oc2ccc(SN(CCc3ccccc3)c3ccccc3N3CCN(C)CC3C)cc12. The van der Waals surface area contributed by atoms with Gasteiger partial charge >= 0.3 is 5.97 Å². The average molecular weight is 516 g/mol. The van der Waals surface area contributed by atoms with Crippen LogP contribution in [0.15, 0.2) is 82.1 Å². The number of aromatic carboxylic acids is 1. The van der Waals surface area contributed by atoms with Crippen molar-refractivity contribution in [2.24, 2.45) is 0 Å². The van der Waals surface area contributed by atoms with Gasteiger partial charge in [0.1, 0.15) is 5.58 Å². The van der Waals surface area contributed by atoms with E-state index in [0.717, 1.165) is 42.9 Å². The molecule has 1 atom stereocenters. The molecule has 1 aromatic heterocycles. The number of piperazine rings is 1. The van der Waals surface area contributed by atoms with E-state index in [2.05, 4.69) is 76.6 Å². The molecule has 4 aromatic rings. The topological polar surface area (TPSA) is 60.2 Å². The summed E-state index contributed by atoms with van der Waals surface area (Å²) in [5.74, 6) is -1.03. The molecule has 0 amide bonds. The van der Waals surface area contributed by atoms with Crippen LogP contribution < -0.4 is 9.21 Å². The van der Waals surface area contributed by atoms with E-state index in [0.29, 0.717) is 17.2 Å². The predicted molar refractivity (Wildman–Crippen MR) is 152 cm³/mol. The van der Waals surface area contributed by atoms with Crippen molar-refractivity contribution in [3.8, 4) is 0 Å². The molecule has 0 saturated carbocycles. The zero-order chi connectivity index (χ0) is 25.9. The van der Waals surface area contributed by atoms with Crippen molar-refractivity contribution in [3.05, 3.63) is 89.7 Å². The molecule has 0 spiro atoms. The molecule has 1 unspecified atom stereocenters. The Morgan fingerprint density at radius 3 is 2.59 bits per heavy atom. The summed E-state index contributed by atoms with van der Waals surface area (Å²) >= 11 is 1.69. The van der Waals surface area contributed by atoms with Crippen molar-refractivity contribution in [3.63, 3.8) is 0 Å². The smallest absolute Gasteiger partial charge is 0.372 e. The standard InChI is InChI=1S/C30H33N3O3S/c1-21-20-31(3)17-18-32(21)26-11-7-8-12-27(26)33(16-15-23-9-5-4-6-10-23)37-24-13-14-28-25(19-24)22(2)29(36-28)30(34)35/h4-14,19,21H,15-18,20H2,1-3H3,(H,34,35). The summed E-state index contributed by atoms with van der Waals surface area (Å²) in [6.07, 6.45) is 0.913. The quantitative estimate of drug-likeness (QED) is 0.275. The van der Waals surface area contributed by atoms with Crippen LogP contribution in [0.1, 0.15) is 28.6 Å². The molecule has 1 fully saturated rings. The lowest BCUT2D eigenvalue weighted by molar-refractivity contribution is 0.0664. The molecule has 0 bridgehead atoms. The van der Waals surface area contributed by atoms with Crippen LogP contribution in [0.4, 0.5) is 11.4 Å². The van der Waals surface area contributed by atoms with E-state index in [-0.39, 0.29) is 5.76 Å². The van der Waals surface area contributed by atoms with Gasteiger partial charge in [-0.1, -0.05) is 42.5 Å². The number of nitrogens with zero attached hydrogens (tertiary/aromatic N) is 3. The molecule has 37 heavy (non-hydrogen) atoms. The maximum Gasteiger partial charge on any atom is 0.372 e. The van der Waals surface area contributed by atoms with E-state index in [4.69, 9.17) is 4.42 Å². The van der Waals surface area contributed by atoms with Crippen LogP contribution in [0.25, 0.3) is 11.0 Å². The van der Waals surface area contributed by atoms with E-state index in [9.17, 15) is 9.90 Å². The van der Waals surface area contributed by atoms with E-state index in [1.54, 1.807) is 18.9 Å². The molecular formula is C30H33N3O3S. The number of rotatable bonds is 8. The fourth-order valence-electron chi connectivity index (χ4n) is 5.09. The summed E-state index contributed by atoms with van der Waals surface area (Å²) in [6, 6.07) is 25.6. The minimum Gasteiger partial charge on any atom is -0.475 e. The van der Waals surface area contributed by atoms with Gasteiger partial charge in [0, 0.05) is 48.1 Å². The van der Waals surface area contributed by atoms with Gasteiger partial charge < -0.3 is 23.6 Å². The van der Waals surface area contributed by atoms with E-state index in [1.807, 2.05) is 24.3 Å². The molecule has 1 aliphatic rings. The Balaban J connectivity index is 1.50. The molecule has 3 aromatic carbocycles. The Morgan fingerprint density at radius 2 is 1.84 bits per heavy atom. The van der Waals surface area contributed by atoms with Gasteiger partial charge in [-0.15, -0.1) is 0 Å². The summed E-state index contributed by atoms with van der Waals surface area (Å²) < 4.78 is 7.97. The number of furan rings is 1. The second-order valence-electron chi connectivity index (χ2n) is 9.74. The fraction of sp³-hybridized carbons (Fsp3) is 0.300. The maximum atomic E-state index is 11.6. The van der Waals surface area contributed by atoms with E-state index in [1.165, 1.54) is 16.9 Å². The fourth-order valence-corrected chi connectivity index (χ4v) is 6.08. The first-order valence-corrected chi connectivity index (χ1v) is 13.5. The summed E-state index contributed by atoms with van der Waals surface area (Å²) in [5.41, 5.74) is 4.99. The first-order valence-electron chi connectivity index (χ1n) is 12.7. The van der Waals surface area contributed by atoms with Gasteiger partial charge in [0.15, 0.2) is 0 Å². The molecule has 192 valence electrons. The number of aryl methyl sites for hydroxylation is 1. The molecule has 7 heteroatoms. The van der Waals surface area contributed by atoms with Crippen LogP contribution in [-0.2, 0) is 6.42 Å². The van der Waals surface area contributed by atoms with Gasteiger partial charge in [-0.3, -0.25) is 0 Å². The molecular weight excluding hydrogens is 482 g/mol. The highest BCUT2D eigenvalue weighted by atomic mass is 32.2. The van der Waals surface area contributed by atoms with Crippen molar-refractivity contribution < 1.29 is 14.3 Å². The predicted octanol–water partition coefficient (Wildman–Crippen LogP) is 6.34. The van der Waals surface area contributed by atoms with Crippen LogP contribution in [0.5, 0.6) is 0 Å². The summed E-state index contributed by atoms with van der Waals surface area (Å²) in [6.45, 7) is 8.00. The average Bonchev–Trinajstić information content (AvgIpc) is 3.23. The third-order valence-corrected chi connectivity index (χ3v) is 8.12. The summed E-state index contributed by atoms with van der Waals surface area (Å²) in [7, 11) is 2.19. The summed E-state index contributed by atoms with van der Waals surface area (Å²) in [4.78, 5) is 17.5. The normalized spacial score (nSPS) is 16.3. The lowest BCUT2D eigenvalue weighted by atomic mass is 10.1. The molecule has 1 saturated heterocycles. The number of hydrogen-bond donors (Lipinski definition) is 1. The van der Waals surface area contributed by atoms with Gasteiger partial charge in [0.05, 0.1) is 11.4 Å². The number of benzene rings is 3. The lowest BCUT2D eigenvalue weighted by Gasteiger charge is -2.41. The Hall–Kier alpha value is -3.42. The van der Waals surface area contributed by atoms with Gasteiger partial charge in [-0.25, -0.2) is 4.79 Å². The van der Waals surface area contributed by atoms with Crippen LogP contribution in [-0.4, -0.2) is 55.2 Å². The number of para-hydroxylation sites is 2. The van der Waals surface area contributed by atoms with E-state index < -0.39 is 5.97 Å². The van der Waals surface area contributed by atoms with Crippen molar-refractivity contribution in [1.29, 1.82) is 0 Å². The Morgan fingerprint density at radius 1 is 1.08 bits per heavy atom. The second-order valence-corrected chi connectivity index (χ2v) is 10.8.